The Morgan fingerprint density at radius 2 is 2.08 bits per heavy atom. The summed E-state index contributed by atoms with van der Waals surface area (Å²) < 4.78 is 55.1. The van der Waals surface area contributed by atoms with Crippen molar-refractivity contribution in [3.8, 4) is 5.75 Å². The van der Waals surface area contributed by atoms with Crippen molar-refractivity contribution in [1.82, 2.24) is 15.1 Å². The molecule has 25 heavy (non-hydrogen) atoms. The van der Waals surface area contributed by atoms with E-state index < -0.39 is 24.8 Å². The van der Waals surface area contributed by atoms with Crippen molar-refractivity contribution >= 4 is 11.8 Å². The molecule has 0 aliphatic rings. The summed E-state index contributed by atoms with van der Waals surface area (Å²) >= 11 is 0. The first-order chi connectivity index (χ1) is 11.7. The summed E-state index contributed by atoms with van der Waals surface area (Å²) in [5.74, 6) is -0.422. The van der Waals surface area contributed by atoms with Gasteiger partial charge in [-0.3, -0.25) is 5.32 Å². The first-order valence-corrected chi connectivity index (χ1v) is 7.26. The molecule has 0 bridgehead atoms. The van der Waals surface area contributed by atoms with E-state index >= 15 is 0 Å². The number of nitrogens with one attached hydrogen (secondary N) is 2. The molecule has 0 saturated heterocycles. The Balaban J connectivity index is 1.78. The molecule has 0 spiro atoms. The molecule has 2 N–H and O–H groups in total. The number of aromatic nitrogens is 2. The third-order valence-electron chi connectivity index (χ3n) is 3.06. The third kappa shape index (κ3) is 6.32. The Morgan fingerprint density at radius 3 is 2.72 bits per heavy atom. The summed E-state index contributed by atoms with van der Waals surface area (Å²) in [5, 5.41) is 8.64. The molecule has 136 valence electrons. The summed E-state index contributed by atoms with van der Waals surface area (Å²) in [5.41, 5.74) is 0.698. The summed E-state index contributed by atoms with van der Waals surface area (Å²) in [6.07, 6.45) is -4.02. The van der Waals surface area contributed by atoms with Crippen molar-refractivity contribution in [3.63, 3.8) is 0 Å². The van der Waals surface area contributed by atoms with E-state index in [2.05, 4.69) is 20.5 Å². The van der Waals surface area contributed by atoms with Gasteiger partial charge in [0, 0.05) is 19.7 Å². The second-order valence-corrected chi connectivity index (χ2v) is 5.16. The Bertz CT molecular complexity index is 711. The Morgan fingerprint density at radius 1 is 1.32 bits per heavy atom. The fraction of sp³-hybridized carbons (Fsp3) is 0.333. The van der Waals surface area contributed by atoms with E-state index in [0.29, 0.717) is 12.0 Å². The van der Waals surface area contributed by atoms with Crippen LogP contribution in [0.4, 0.5) is 28.2 Å². The van der Waals surface area contributed by atoms with Crippen LogP contribution in [0.3, 0.4) is 0 Å². The summed E-state index contributed by atoms with van der Waals surface area (Å²) in [6.45, 7) is -1.14. The van der Waals surface area contributed by atoms with Crippen LogP contribution in [0.25, 0.3) is 0 Å². The highest BCUT2D eigenvalue weighted by Crippen LogP contribution is 2.19. The van der Waals surface area contributed by atoms with E-state index in [-0.39, 0.29) is 18.1 Å². The van der Waals surface area contributed by atoms with Crippen molar-refractivity contribution in [1.29, 1.82) is 0 Å². The predicted molar refractivity (Wildman–Crippen MR) is 81.9 cm³/mol. The van der Waals surface area contributed by atoms with Crippen molar-refractivity contribution in [3.05, 3.63) is 41.8 Å². The smallest absolute Gasteiger partial charge is 0.422 e. The van der Waals surface area contributed by atoms with Gasteiger partial charge in [-0.1, -0.05) is 12.1 Å². The first-order valence-electron chi connectivity index (χ1n) is 7.26. The van der Waals surface area contributed by atoms with Gasteiger partial charge in [-0.05, 0) is 24.1 Å². The summed E-state index contributed by atoms with van der Waals surface area (Å²) in [7, 11) is 1.40. The number of anilines is 1. The number of halogens is 4. The van der Waals surface area contributed by atoms with Gasteiger partial charge < -0.3 is 10.1 Å². The zero-order valence-corrected chi connectivity index (χ0v) is 13.2. The molecular formula is C15H16F4N4O2. The third-order valence-corrected chi connectivity index (χ3v) is 3.06. The molecule has 0 unspecified atom stereocenters. The van der Waals surface area contributed by atoms with Gasteiger partial charge in [-0.25, -0.2) is 9.48 Å². The topological polar surface area (TPSA) is 68.2 Å². The summed E-state index contributed by atoms with van der Waals surface area (Å²) in [4.78, 5) is 11.7. The van der Waals surface area contributed by atoms with E-state index in [9.17, 15) is 22.4 Å². The molecule has 0 fully saturated rings. The van der Waals surface area contributed by atoms with Crippen molar-refractivity contribution in [2.24, 2.45) is 7.05 Å². The maximum absolute atomic E-state index is 13.1. The maximum atomic E-state index is 13.1. The lowest BCUT2D eigenvalue weighted by molar-refractivity contribution is -0.153. The number of nitrogens with zero attached hydrogens (tertiary/aromatic N) is 2. The van der Waals surface area contributed by atoms with Crippen LogP contribution in [0.5, 0.6) is 5.75 Å². The molecule has 6 nitrogen and oxygen atoms in total. The van der Waals surface area contributed by atoms with Gasteiger partial charge in [-0.2, -0.15) is 22.7 Å². The van der Waals surface area contributed by atoms with Crippen LogP contribution in [-0.2, 0) is 13.5 Å². The highest BCUT2D eigenvalue weighted by molar-refractivity contribution is 5.88. The zero-order valence-electron chi connectivity index (χ0n) is 13.2. The largest absolute Gasteiger partial charge is 0.484 e. The number of alkyl halides is 3. The average molecular weight is 360 g/mol. The number of rotatable bonds is 6. The quantitative estimate of drug-likeness (QED) is 0.779. The molecule has 2 aromatic rings. The van der Waals surface area contributed by atoms with Crippen LogP contribution < -0.4 is 15.4 Å². The van der Waals surface area contributed by atoms with Crippen molar-refractivity contribution in [2.75, 3.05) is 18.5 Å². The van der Waals surface area contributed by atoms with Crippen LogP contribution in [-0.4, -0.2) is 35.1 Å². The fourth-order valence-electron chi connectivity index (χ4n) is 1.94. The number of carbonyl (C=O) groups excluding carboxylic acids is 1. The van der Waals surface area contributed by atoms with E-state index in [1.165, 1.54) is 19.2 Å². The van der Waals surface area contributed by atoms with E-state index in [0.717, 1.165) is 10.7 Å². The lowest BCUT2D eigenvalue weighted by Gasteiger charge is -2.10. The molecule has 1 aromatic heterocycles. The SMILES string of the molecule is Cn1nc(NC(=O)NCCc2cccc(OCC(F)(F)F)c2)cc1F. The number of carbonyl (C=O) groups is 1. The zero-order chi connectivity index (χ0) is 18.4. The van der Waals surface area contributed by atoms with Gasteiger partial charge in [0.05, 0.1) is 0 Å². The lowest BCUT2D eigenvalue weighted by Crippen LogP contribution is -2.30. The van der Waals surface area contributed by atoms with E-state index in [1.54, 1.807) is 12.1 Å². The average Bonchev–Trinajstić information content (AvgIpc) is 2.83. The molecule has 1 aromatic carbocycles. The molecule has 0 radical (unpaired) electrons. The monoisotopic (exact) mass is 360 g/mol. The number of hydrogen-bond acceptors (Lipinski definition) is 3. The number of ether oxygens (including phenoxy) is 1. The highest BCUT2D eigenvalue weighted by Gasteiger charge is 2.28. The molecule has 2 rings (SSSR count). The second kappa shape index (κ2) is 7.86. The van der Waals surface area contributed by atoms with Gasteiger partial charge in [0.2, 0.25) is 5.95 Å². The lowest BCUT2D eigenvalue weighted by atomic mass is 10.1. The van der Waals surface area contributed by atoms with Crippen molar-refractivity contribution in [2.45, 2.75) is 12.6 Å². The fourth-order valence-corrected chi connectivity index (χ4v) is 1.94. The molecule has 1 heterocycles. The maximum Gasteiger partial charge on any atom is 0.422 e. The molecular weight excluding hydrogens is 344 g/mol. The second-order valence-electron chi connectivity index (χ2n) is 5.16. The van der Waals surface area contributed by atoms with Gasteiger partial charge >= 0.3 is 12.2 Å². The van der Waals surface area contributed by atoms with Gasteiger partial charge in [0.15, 0.2) is 12.4 Å². The number of benzene rings is 1. The molecule has 0 aliphatic heterocycles. The van der Waals surface area contributed by atoms with Gasteiger partial charge in [0.25, 0.3) is 0 Å². The highest BCUT2D eigenvalue weighted by atomic mass is 19.4. The Hall–Kier alpha value is -2.78. The molecule has 2 amide bonds. The number of hydrogen-bond donors (Lipinski definition) is 2. The van der Waals surface area contributed by atoms with Gasteiger partial charge in [-0.15, -0.1) is 0 Å². The number of amides is 2. The first kappa shape index (κ1) is 18.6. The normalized spacial score (nSPS) is 11.2. The van der Waals surface area contributed by atoms with Crippen molar-refractivity contribution < 1.29 is 27.1 Å². The van der Waals surface area contributed by atoms with Crippen LogP contribution in [0, 0.1) is 5.95 Å². The molecule has 0 aliphatic carbocycles. The minimum atomic E-state index is -4.40. The van der Waals surface area contributed by atoms with Crippen LogP contribution in [0.1, 0.15) is 5.56 Å². The van der Waals surface area contributed by atoms with E-state index in [1.807, 2.05) is 0 Å². The van der Waals surface area contributed by atoms with Crippen LogP contribution >= 0.6 is 0 Å². The van der Waals surface area contributed by atoms with Crippen LogP contribution in [0.15, 0.2) is 30.3 Å². The number of aryl methyl sites for hydroxylation is 1. The van der Waals surface area contributed by atoms with Gasteiger partial charge in [0.1, 0.15) is 5.75 Å². The molecule has 0 saturated carbocycles. The number of urea groups is 1. The minimum Gasteiger partial charge on any atom is -0.484 e. The summed E-state index contributed by atoms with van der Waals surface area (Å²) in [6, 6.07) is 6.67. The molecule has 10 heteroatoms. The molecule has 0 atom stereocenters. The predicted octanol–water partition coefficient (Wildman–Crippen LogP) is 2.86. The Labute approximate surface area is 140 Å². The standard InChI is InChI=1S/C15H16F4N4O2/c1-23-12(16)8-13(22-23)21-14(24)20-6-5-10-3-2-4-11(7-10)25-9-15(17,18)19/h2-4,7-8H,5-6,9H2,1H3,(H2,20,21,22,24). The minimum absolute atomic E-state index is 0.0695. The van der Waals surface area contributed by atoms with Crippen LogP contribution in [0.2, 0.25) is 0 Å². The Kier molecular flexibility index (Phi) is 5.84. The van der Waals surface area contributed by atoms with E-state index in [4.69, 9.17) is 0 Å².